The van der Waals surface area contributed by atoms with Crippen LogP contribution in [0.25, 0.3) is 11.3 Å². The molecular weight excluding hydrogens is 420 g/mol. The summed E-state index contributed by atoms with van der Waals surface area (Å²) in [4.78, 5) is 10.1. The number of thiazole rings is 1. The summed E-state index contributed by atoms with van der Waals surface area (Å²) in [6.07, 6.45) is 6.61. The number of methoxy groups -OCH3 is 2. The molecule has 7 heteroatoms. The zero-order chi connectivity index (χ0) is 22.5. The molecule has 166 valence electrons. The van der Waals surface area contributed by atoms with Crippen molar-refractivity contribution in [3.63, 3.8) is 0 Å². The lowest BCUT2D eigenvalue weighted by Crippen LogP contribution is -2.17. The van der Waals surface area contributed by atoms with Crippen LogP contribution in [-0.2, 0) is 13.1 Å². The lowest BCUT2D eigenvalue weighted by atomic mass is 10.1. The van der Waals surface area contributed by atoms with Gasteiger partial charge in [-0.05, 0) is 55.7 Å². The quantitative estimate of drug-likeness (QED) is 0.364. The molecule has 0 radical (unpaired) electrons. The fraction of sp³-hybridized carbons (Fsp3) is 0.280. The smallest absolute Gasteiger partial charge is 0.190 e. The minimum absolute atomic E-state index is 0.771. The molecule has 0 fully saturated rings. The van der Waals surface area contributed by atoms with E-state index in [2.05, 4.69) is 51.5 Å². The molecule has 0 saturated heterocycles. The van der Waals surface area contributed by atoms with Crippen LogP contribution in [0.5, 0.6) is 11.5 Å². The number of benzene rings is 2. The van der Waals surface area contributed by atoms with Crippen LogP contribution in [-0.4, -0.2) is 28.3 Å². The Morgan fingerprint density at radius 2 is 1.88 bits per heavy atom. The molecule has 0 amide bonds. The molecule has 32 heavy (non-hydrogen) atoms. The zero-order valence-electron chi connectivity index (χ0n) is 18.9. The molecule has 2 aromatic heterocycles. The number of hydrogen-bond acceptors (Lipinski definition) is 5. The summed E-state index contributed by atoms with van der Waals surface area (Å²) in [5.41, 5.74) is 5.58. The van der Waals surface area contributed by atoms with E-state index in [4.69, 9.17) is 14.5 Å². The van der Waals surface area contributed by atoms with E-state index in [9.17, 15) is 0 Å². The summed E-state index contributed by atoms with van der Waals surface area (Å²) in [7, 11) is 3.35. The summed E-state index contributed by atoms with van der Waals surface area (Å²) < 4.78 is 15.4. The summed E-state index contributed by atoms with van der Waals surface area (Å²) >= 11 is 1.64. The van der Waals surface area contributed by atoms with Crippen LogP contribution >= 0.6 is 11.3 Å². The highest BCUT2D eigenvalue weighted by Crippen LogP contribution is 2.34. The fourth-order valence-corrected chi connectivity index (χ4v) is 4.54. The SMILES string of the molecule is COc1ccc(-c2csc(=Nc3ccc(C)c(C)c3)n2CCCn2ccnc2)c(OC)c1. The average Bonchev–Trinajstić information content (AvgIpc) is 3.46. The zero-order valence-corrected chi connectivity index (χ0v) is 19.7. The van der Waals surface area contributed by atoms with Crippen molar-refractivity contribution in [2.24, 2.45) is 4.99 Å². The number of aryl methyl sites for hydroxylation is 3. The van der Waals surface area contributed by atoms with Crippen molar-refractivity contribution in [3.8, 4) is 22.8 Å². The first-order valence-electron chi connectivity index (χ1n) is 10.6. The minimum atomic E-state index is 0.771. The van der Waals surface area contributed by atoms with E-state index in [0.717, 1.165) is 52.8 Å². The van der Waals surface area contributed by atoms with E-state index in [1.165, 1.54) is 11.1 Å². The second-order valence-corrected chi connectivity index (χ2v) is 8.49. The van der Waals surface area contributed by atoms with Crippen LogP contribution in [0.3, 0.4) is 0 Å². The highest BCUT2D eigenvalue weighted by Gasteiger charge is 2.14. The molecule has 0 N–H and O–H groups in total. The Balaban J connectivity index is 1.76. The van der Waals surface area contributed by atoms with Crippen molar-refractivity contribution in [1.82, 2.24) is 14.1 Å². The Hall–Kier alpha value is -3.32. The molecule has 4 rings (SSSR count). The second kappa shape index (κ2) is 9.87. The van der Waals surface area contributed by atoms with Gasteiger partial charge in [0.1, 0.15) is 11.5 Å². The fourth-order valence-electron chi connectivity index (χ4n) is 3.60. The number of rotatable bonds is 8. The molecular formula is C25H28N4O2S. The normalized spacial score (nSPS) is 11.7. The number of imidazole rings is 1. The van der Waals surface area contributed by atoms with Gasteiger partial charge in [0.2, 0.25) is 0 Å². The van der Waals surface area contributed by atoms with Crippen LogP contribution in [0.2, 0.25) is 0 Å². The third-order valence-electron chi connectivity index (χ3n) is 5.55. The second-order valence-electron chi connectivity index (χ2n) is 7.66. The van der Waals surface area contributed by atoms with Crippen molar-refractivity contribution in [1.29, 1.82) is 0 Å². The number of nitrogens with zero attached hydrogens (tertiary/aromatic N) is 4. The van der Waals surface area contributed by atoms with Gasteiger partial charge in [0.05, 0.1) is 31.9 Å². The van der Waals surface area contributed by atoms with Crippen molar-refractivity contribution in [2.45, 2.75) is 33.4 Å². The van der Waals surface area contributed by atoms with E-state index >= 15 is 0 Å². The van der Waals surface area contributed by atoms with Crippen molar-refractivity contribution >= 4 is 17.0 Å². The van der Waals surface area contributed by atoms with Gasteiger partial charge in [0, 0.05) is 42.5 Å². The lowest BCUT2D eigenvalue weighted by Gasteiger charge is -2.13. The van der Waals surface area contributed by atoms with Crippen molar-refractivity contribution < 1.29 is 9.47 Å². The van der Waals surface area contributed by atoms with Crippen LogP contribution in [0.15, 0.2) is 65.5 Å². The van der Waals surface area contributed by atoms with Crippen LogP contribution in [0.1, 0.15) is 17.5 Å². The van der Waals surface area contributed by atoms with E-state index in [1.807, 2.05) is 36.9 Å². The molecule has 0 spiro atoms. The van der Waals surface area contributed by atoms with Gasteiger partial charge < -0.3 is 18.6 Å². The standard InChI is InChI=1S/C25H28N4O2S/c1-18-6-7-20(14-19(18)2)27-25-29(12-5-11-28-13-10-26-17-28)23(16-32-25)22-9-8-21(30-3)15-24(22)31-4/h6-10,13-17H,5,11-12H2,1-4H3. The first kappa shape index (κ1) is 21.9. The molecule has 0 bridgehead atoms. The number of ether oxygens (including phenoxy) is 2. The summed E-state index contributed by atoms with van der Waals surface area (Å²) in [5.74, 6) is 1.55. The van der Waals surface area contributed by atoms with Gasteiger partial charge in [0.15, 0.2) is 4.80 Å². The maximum Gasteiger partial charge on any atom is 0.190 e. The third kappa shape index (κ3) is 4.78. The summed E-state index contributed by atoms with van der Waals surface area (Å²) in [5, 5.41) is 2.15. The van der Waals surface area contributed by atoms with E-state index < -0.39 is 0 Å². The minimum Gasteiger partial charge on any atom is -0.497 e. The van der Waals surface area contributed by atoms with Crippen molar-refractivity contribution in [2.75, 3.05) is 14.2 Å². The Morgan fingerprint density at radius 1 is 1.00 bits per heavy atom. The number of hydrogen-bond donors (Lipinski definition) is 0. The molecule has 0 saturated carbocycles. The van der Waals surface area contributed by atoms with Crippen molar-refractivity contribution in [3.05, 3.63) is 76.4 Å². The maximum absolute atomic E-state index is 5.69. The lowest BCUT2D eigenvalue weighted by molar-refractivity contribution is 0.395. The first-order chi connectivity index (χ1) is 15.6. The van der Waals surface area contributed by atoms with E-state index in [-0.39, 0.29) is 0 Å². The highest BCUT2D eigenvalue weighted by atomic mass is 32.1. The molecule has 0 atom stereocenters. The molecule has 0 aliphatic heterocycles. The van der Waals surface area contributed by atoms with Gasteiger partial charge in [-0.1, -0.05) is 6.07 Å². The average molecular weight is 449 g/mol. The summed E-state index contributed by atoms with van der Waals surface area (Å²) in [6, 6.07) is 12.3. The van der Waals surface area contributed by atoms with Gasteiger partial charge in [-0.25, -0.2) is 9.98 Å². The molecule has 0 aliphatic carbocycles. The molecule has 0 unspecified atom stereocenters. The number of aromatic nitrogens is 3. The maximum atomic E-state index is 5.69. The predicted molar refractivity (Wildman–Crippen MR) is 129 cm³/mol. The van der Waals surface area contributed by atoms with E-state index in [0.29, 0.717) is 0 Å². The van der Waals surface area contributed by atoms with Crippen LogP contribution in [0, 0.1) is 13.8 Å². The molecule has 4 aromatic rings. The molecule has 2 heterocycles. The van der Waals surface area contributed by atoms with Crippen LogP contribution < -0.4 is 14.3 Å². The Morgan fingerprint density at radius 3 is 2.59 bits per heavy atom. The van der Waals surface area contributed by atoms with Gasteiger partial charge in [0.25, 0.3) is 0 Å². The third-order valence-corrected chi connectivity index (χ3v) is 6.42. The van der Waals surface area contributed by atoms with Gasteiger partial charge in [-0.2, -0.15) is 0 Å². The topological polar surface area (TPSA) is 53.6 Å². The largest absolute Gasteiger partial charge is 0.497 e. The predicted octanol–water partition coefficient (Wildman–Crippen LogP) is 5.37. The van der Waals surface area contributed by atoms with Gasteiger partial charge in [-0.15, -0.1) is 11.3 Å². The van der Waals surface area contributed by atoms with Gasteiger partial charge >= 0.3 is 0 Å². The monoisotopic (exact) mass is 448 g/mol. The van der Waals surface area contributed by atoms with E-state index in [1.54, 1.807) is 25.6 Å². The van der Waals surface area contributed by atoms with Gasteiger partial charge in [-0.3, -0.25) is 0 Å². The Bertz CT molecular complexity index is 1260. The Kier molecular flexibility index (Phi) is 6.75. The van der Waals surface area contributed by atoms with Crippen LogP contribution in [0.4, 0.5) is 5.69 Å². The molecule has 2 aromatic carbocycles. The molecule has 6 nitrogen and oxygen atoms in total. The first-order valence-corrected chi connectivity index (χ1v) is 11.5. The molecule has 0 aliphatic rings. The summed E-state index contributed by atoms with van der Waals surface area (Å²) in [6.45, 7) is 5.96. The Labute approximate surface area is 192 Å². The highest BCUT2D eigenvalue weighted by molar-refractivity contribution is 7.07.